The molecule has 0 radical (unpaired) electrons. The first-order chi connectivity index (χ1) is 13.8. The van der Waals surface area contributed by atoms with Crippen LogP contribution in [-0.4, -0.2) is 67.0 Å². The van der Waals surface area contributed by atoms with Crippen LogP contribution in [0.5, 0.6) is 0 Å². The van der Waals surface area contributed by atoms with E-state index < -0.39 is 0 Å². The smallest absolute Gasteiger partial charge is 0.317 e. The Kier molecular flexibility index (Phi) is 5.19. The summed E-state index contributed by atoms with van der Waals surface area (Å²) in [5, 5.41) is 3.25. The number of fused-ring (bicyclic) bond motifs is 2. The normalized spacial score (nSPS) is 27.9. The minimum absolute atomic E-state index is 0.0149. The van der Waals surface area contributed by atoms with Crippen LogP contribution in [0.4, 0.5) is 16.2 Å². The topological polar surface area (TPSA) is 81.9 Å². The summed E-state index contributed by atoms with van der Waals surface area (Å²) in [7, 11) is 2.16. The summed E-state index contributed by atoms with van der Waals surface area (Å²) >= 11 is 0. The molecule has 1 unspecified atom stereocenters. The lowest BCUT2D eigenvalue weighted by Gasteiger charge is -2.47. The van der Waals surface area contributed by atoms with Gasteiger partial charge in [0.05, 0.1) is 0 Å². The van der Waals surface area contributed by atoms with Gasteiger partial charge in [-0.05, 0) is 57.0 Å². The number of nitrogen functional groups attached to an aromatic ring is 1. The summed E-state index contributed by atoms with van der Waals surface area (Å²) in [5.41, 5.74) is 10.5. The molecular weight excluding hydrogens is 366 g/mol. The van der Waals surface area contributed by atoms with Crippen LogP contribution in [-0.2, 0) is 4.79 Å². The summed E-state index contributed by atoms with van der Waals surface area (Å²) in [5.74, 6) is 0.763. The summed E-state index contributed by atoms with van der Waals surface area (Å²) < 4.78 is 0. The van der Waals surface area contributed by atoms with E-state index in [2.05, 4.69) is 23.3 Å². The molecule has 3 amide bonds. The first kappa shape index (κ1) is 20.0. The van der Waals surface area contributed by atoms with Crippen LogP contribution in [0.2, 0.25) is 0 Å². The van der Waals surface area contributed by atoms with E-state index in [1.807, 2.05) is 29.7 Å². The Morgan fingerprint density at radius 2 is 1.93 bits per heavy atom. The summed E-state index contributed by atoms with van der Waals surface area (Å²) in [6.07, 6.45) is 1.95. The summed E-state index contributed by atoms with van der Waals surface area (Å²) in [4.78, 5) is 30.9. The number of hydrogen-bond acceptors (Lipinski definition) is 4. The van der Waals surface area contributed by atoms with Crippen molar-refractivity contribution in [1.29, 1.82) is 0 Å². The Hall–Kier alpha value is -2.28. The van der Waals surface area contributed by atoms with E-state index in [0.29, 0.717) is 36.7 Å². The first-order valence-electron chi connectivity index (χ1n) is 10.8. The number of nitrogens with two attached hydrogens (primary N) is 1. The Bertz CT molecular complexity index is 822. The molecule has 29 heavy (non-hydrogen) atoms. The van der Waals surface area contributed by atoms with Crippen LogP contribution in [0.3, 0.4) is 0 Å². The van der Waals surface area contributed by atoms with Gasteiger partial charge in [-0.3, -0.25) is 4.79 Å². The van der Waals surface area contributed by atoms with Gasteiger partial charge in [-0.1, -0.05) is 0 Å². The van der Waals surface area contributed by atoms with Crippen LogP contribution in [0.25, 0.3) is 0 Å². The Labute approximate surface area is 173 Å². The lowest BCUT2D eigenvalue weighted by Crippen LogP contribution is -2.56. The predicted octanol–water partition coefficient (Wildman–Crippen LogP) is 2.33. The molecule has 1 aromatic rings. The predicted molar refractivity (Wildman–Crippen MR) is 115 cm³/mol. The molecule has 7 heteroatoms. The van der Waals surface area contributed by atoms with Crippen LogP contribution in [0.1, 0.15) is 56.6 Å². The third kappa shape index (κ3) is 3.35. The largest absolute Gasteiger partial charge is 0.399 e. The number of amides is 3. The number of rotatable bonds is 3. The molecule has 3 aliphatic rings. The molecule has 1 aromatic carbocycles. The molecule has 1 aliphatic carbocycles. The van der Waals surface area contributed by atoms with Gasteiger partial charge >= 0.3 is 6.03 Å². The highest BCUT2D eigenvalue weighted by molar-refractivity contribution is 5.95. The molecule has 4 rings (SSSR count). The summed E-state index contributed by atoms with van der Waals surface area (Å²) in [6, 6.07) is 4.59. The molecule has 4 atom stereocenters. The number of benzene rings is 1. The van der Waals surface area contributed by atoms with E-state index in [1.54, 1.807) is 6.92 Å². The first-order valence-corrected chi connectivity index (χ1v) is 10.8. The van der Waals surface area contributed by atoms with Gasteiger partial charge in [0.15, 0.2) is 0 Å². The highest BCUT2D eigenvalue weighted by atomic mass is 16.2. The van der Waals surface area contributed by atoms with E-state index in [1.165, 1.54) is 11.1 Å². The fraction of sp³-hybridized carbons (Fsp3) is 0.636. The van der Waals surface area contributed by atoms with E-state index in [0.717, 1.165) is 31.6 Å². The van der Waals surface area contributed by atoms with E-state index in [-0.39, 0.29) is 18.0 Å². The minimum atomic E-state index is 0.0149. The number of likely N-dealkylation sites (N-methyl/N-ethyl adjacent to an activating group) is 1. The molecular formula is C22H33N5O2. The number of carbonyl (C=O) groups excluding carboxylic acids is 2. The van der Waals surface area contributed by atoms with E-state index in [4.69, 9.17) is 5.73 Å². The maximum absolute atomic E-state index is 12.6. The summed E-state index contributed by atoms with van der Waals surface area (Å²) in [6.45, 7) is 8.66. The highest BCUT2D eigenvalue weighted by Gasteiger charge is 2.46. The molecule has 1 saturated heterocycles. The van der Waals surface area contributed by atoms with Crippen molar-refractivity contribution in [2.45, 2.75) is 57.5 Å². The maximum Gasteiger partial charge on any atom is 0.317 e. The molecule has 2 heterocycles. The van der Waals surface area contributed by atoms with Crippen molar-refractivity contribution in [3.63, 3.8) is 0 Å². The van der Waals surface area contributed by atoms with Crippen molar-refractivity contribution in [2.75, 3.05) is 43.9 Å². The van der Waals surface area contributed by atoms with Crippen molar-refractivity contribution in [1.82, 2.24) is 15.1 Å². The third-order valence-electron chi connectivity index (χ3n) is 7.08. The molecule has 7 nitrogen and oxygen atoms in total. The number of nitrogens with one attached hydrogen (secondary N) is 1. The molecule has 2 aliphatic heterocycles. The van der Waals surface area contributed by atoms with Gasteiger partial charge < -0.3 is 25.8 Å². The highest BCUT2D eigenvalue weighted by Crippen LogP contribution is 2.52. The molecule has 0 spiro atoms. The van der Waals surface area contributed by atoms with Gasteiger partial charge in [-0.15, -0.1) is 0 Å². The Morgan fingerprint density at radius 1 is 1.21 bits per heavy atom. The molecule has 1 fully saturated rings. The SMILES string of the molecule is CCN(CC)C(=O)N[C@H]1C[C@@H]2c3cc(N)cc4c3C(C[C@H]2N(C)C1)CN4C(C)=O. The Balaban J connectivity index is 1.64. The van der Waals surface area contributed by atoms with Crippen LogP contribution >= 0.6 is 0 Å². The monoisotopic (exact) mass is 399 g/mol. The van der Waals surface area contributed by atoms with Gasteiger partial charge in [0.2, 0.25) is 5.91 Å². The Morgan fingerprint density at radius 3 is 2.59 bits per heavy atom. The molecule has 3 N–H and O–H groups in total. The number of anilines is 2. The number of likely N-dealkylation sites (tertiary alicyclic amines) is 1. The van der Waals surface area contributed by atoms with Crippen molar-refractivity contribution in [3.8, 4) is 0 Å². The molecule has 0 bridgehead atoms. The average Bonchev–Trinajstić information content (AvgIpc) is 3.03. The number of piperidine rings is 1. The van der Waals surface area contributed by atoms with Gasteiger partial charge in [-0.2, -0.15) is 0 Å². The van der Waals surface area contributed by atoms with Crippen molar-refractivity contribution < 1.29 is 9.59 Å². The number of urea groups is 1. The van der Waals surface area contributed by atoms with Gasteiger partial charge in [0.25, 0.3) is 0 Å². The molecule has 0 saturated carbocycles. The quantitative estimate of drug-likeness (QED) is 0.765. The lowest BCUT2D eigenvalue weighted by molar-refractivity contribution is -0.116. The zero-order chi connectivity index (χ0) is 20.9. The van der Waals surface area contributed by atoms with Crippen LogP contribution in [0.15, 0.2) is 12.1 Å². The second-order valence-electron chi connectivity index (χ2n) is 8.77. The van der Waals surface area contributed by atoms with Crippen molar-refractivity contribution in [3.05, 3.63) is 23.3 Å². The zero-order valence-electron chi connectivity index (χ0n) is 17.9. The van der Waals surface area contributed by atoms with Crippen LogP contribution in [0, 0.1) is 0 Å². The number of carbonyl (C=O) groups is 2. The molecule has 158 valence electrons. The minimum Gasteiger partial charge on any atom is -0.399 e. The van der Waals surface area contributed by atoms with Crippen LogP contribution < -0.4 is 16.0 Å². The standard InChI is InChI=1S/C22H33N5O2/c1-5-26(6-2)22(29)24-16-10-17-18-8-15(23)9-20-21(18)14(11-27(20)13(3)28)7-19(17)25(4)12-16/h8-9,14,16-17,19H,5-7,10-12,23H2,1-4H3,(H,24,29)/t14?,16-,17+,19+/m0/s1. The zero-order valence-corrected chi connectivity index (χ0v) is 17.9. The second-order valence-corrected chi connectivity index (χ2v) is 8.77. The van der Waals surface area contributed by atoms with Gasteiger partial charge in [0.1, 0.15) is 0 Å². The lowest BCUT2D eigenvalue weighted by atomic mass is 9.69. The third-order valence-corrected chi connectivity index (χ3v) is 7.08. The van der Waals surface area contributed by atoms with Crippen molar-refractivity contribution >= 4 is 23.3 Å². The van der Waals surface area contributed by atoms with Gasteiger partial charge in [0, 0.05) is 68.4 Å². The van der Waals surface area contributed by atoms with E-state index in [9.17, 15) is 9.59 Å². The second kappa shape index (κ2) is 7.52. The fourth-order valence-electron chi connectivity index (χ4n) is 5.74. The number of nitrogens with zero attached hydrogens (tertiary/aromatic N) is 3. The van der Waals surface area contributed by atoms with E-state index >= 15 is 0 Å². The maximum atomic E-state index is 12.6. The number of hydrogen-bond donors (Lipinski definition) is 2. The fourth-order valence-corrected chi connectivity index (χ4v) is 5.74. The van der Waals surface area contributed by atoms with Crippen molar-refractivity contribution in [2.24, 2.45) is 0 Å². The average molecular weight is 400 g/mol. The van der Waals surface area contributed by atoms with Gasteiger partial charge in [-0.25, -0.2) is 4.79 Å². The molecule has 0 aromatic heterocycles.